The Morgan fingerprint density at radius 1 is 0.951 bits per heavy atom. The monoisotopic (exact) mass is 589 g/mol. The smallest absolute Gasteiger partial charge is 0.326 e. The van der Waals surface area contributed by atoms with Crippen LogP contribution in [-0.2, 0) is 20.8 Å². The number of halogens is 2. The van der Waals surface area contributed by atoms with E-state index in [9.17, 15) is 19.5 Å². The normalized spacial score (nSPS) is 16.9. The molecule has 10 heteroatoms. The van der Waals surface area contributed by atoms with Crippen LogP contribution in [0.5, 0.6) is 0 Å². The van der Waals surface area contributed by atoms with Crippen molar-refractivity contribution in [1.29, 1.82) is 0 Å². The molecule has 0 aromatic heterocycles. The second-order valence-corrected chi connectivity index (χ2v) is 10.7. The quantitative estimate of drug-likeness (QED) is 0.230. The predicted octanol–water partition coefficient (Wildman–Crippen LogP) is 6.09. The number of benzene rings is 4. The molecule has 0 saturated carbocycles. The van der Waals surface area contributed by atoms with Gasteiger partial charge in [-0.1, -0.05) is 83.0 Å². The van der Waals surface area contributed by atoms with Crippen molar-refractivity contribution >= 4 is 63.2 Å². The van der Waals surface area contributed by atoms with Crippen LogP contribution in [0.2, 0.25) is 10.0 Å². The Hall–Kier alpha value is -4.40. The van der Waals surface area contributed by atoms with Crippen LogP contribution in [0.4, 0.5) is 5.69 Å². The molecule has 0 radical (unpaired) electrons. The lowest BCUT2D eigenvalue weighted by Gasteiger charge is -2.23. The number of oxime groups is 1. The molecule has 41 heavy (non-hydrogen) atoms. The van der Waals surface area contributed by atoms with Gasteiger partial charge >= 0.3 is 5.97 Å². The summed E-state index contributed by atoms with van der Waals surface area (Å²) in [5, 5.41) is 21.9. The summed E-state index contributed by atoms with van der Waals surface area (Å²) in [7, 11) is 0. The van der Waals surface area contributed by atoms with Crippen LogP contribution >= 0.6 is 23.2 Å². The molecule has 3 N–H and O–H groups in total. The molecule has 2 atom stereocenters. The molecule has 4 aromatic rings. The number of aliphatic carboxylic acids is 1. The minimum absolute atomic E-state index is 0.0140. The number of nitrogens with one attached hydrogen (secondary N) is 2. The Labute approximate surface area is 245 Å². The number of rotatable bonds is 8. The fraction of sp³-hybridized carbons (Fsp3) is 0.161. The van der Waals surface area contributed by atoms with E-state index >= 15 is 0 Å². The maximum atomic E-state index is 13.2. The lowest BCUT2D eigenvalue weighted by atomic mass is 9.93. The maximum Gasteiger partial charge on any atom is 0.326 e. The van der Waals surface area contributed by atoms with Gasteiger partial charge in [-0.2, -0.15) is 0 Å². The summed E-state index contributed by atoms with van der Waals surface area (Å²) < 4.78 is 0. The van der Waals surface area contributed by atoms with Crippen molar-refractivity contribution in [3.05, 3.63) is 112 Å². The molecule has 1 aliphatic heterocycles. The molecular formula is C31H25Cl2N3O5. The first-order valence-corrected chi connectivity index (χ1v) is 13.5. The number of carbonyl (C=O) groups excluding carboxylic acids is 2. The highest BCUT2D eigenvalue weighted by Crippen LogP contribution is 2.29. The van der Waals surface area contributed by atoms with Crippen LogP contribution < -0.4 is 10.6 Å². The molecule has 0 fully saturated rings. The Morgan fingerprint density at radius 2 is 1.63 bits per heavy atom. The Bertz CT molecular complexity index is 1670. The third-order valence-electron chi connectivity index (χ3n) is 6.87. The highest BCUT2D eigenvalue weighted by molar-refractivity contribution is 6.40. The van der Waals surface area contributed by atoms with E-state index in [-0.39, 0.29) is 28.5 Å². The van der Waals surface area contributed by atoms with Gasteiger partial charge in [0.1, 0.15) is 6.04 Å². The zero-order chi connectivity index (χ0) is 29.1. The van der Waals surface area contributed by atoms with Crippen LogP contribution in [0.15, 0.2) is 90.1 Å². The van der Waals surface area contributed by atoms with Gasteiger partial charge in [-0.05, 0) is 53.6 Å². The van der Waals surface area contributed by atoms with Crippen LogP contribution in [0.1, 0.15) is 34.8 Å². The topological polar surface area (TPSA) is 117 Å². The van der Waals surface area contributed by atoms with Gasteiger partial charge < -0.3 is 20.6 Å². The third kappa shape index (κ3) is 6.19. The van der Waals surface area contributed by atoms with Crippen LogP contribution in [0, 0.1) is 0 Å². The van der Waals surface area contributed by atoms with E-state index in [1.807, 2.05) is 42.5 Å². The number of fused-ring (bicyclic) bond motifs is 1. The molecule has 4 aromatic carbocycles. The van der Waals surface area contributed by atoms with E-state index in [2.05, 4.69) is 15.8 Å². The number of carboxylic acids is 1. The number of nitrogens with zero attached hydrogens (tertiary/aromatic N) is 1. The molecule has 0 spiro atoms. The zero-order valence-electron chi connectivity index (χ0n) is 21.9. The SMILES string of the molecule is C[C@@]1(C(=O)NC(Cc2ccc(NC(=O)c3c(Cl)cccc3Cl)cc2)C(=O)O)CC(c2ccc3ccccc3c2)=NO1. The minimum atomic E-state index is -1.36. The summed E-state index contributed by atoms with van der Waals surface area (Å²) in [5.74, 6) is -2.24. The Kier molecular flexibility index (Phi) is 7.97. The Morgan fingerprint density at radius 3 is 2.32 bits per heavy atom. The van der Waals surface area contributed by atoms with Gasteiger partial charge in [0.15, 0.2) is 0 Å². The highest BCUT2D eigenvalue weighted by Gasteiger charge is 2.43. The molecule has 0 saturated heterocycles. The van der Waals surface area contributed by atoms with Gasteiger partial charge in [0.25, 0.3) is 11.8 Å². The van der Waals surface area contributed by atoms with Gasteiger partial charge in [-0.3, -0.25) is 9.59 Å². The molecule has 1 heterocycles. The second kappa shape index (κ2) is 11.6. The largest absolute Gasteiger partial charge is 0.480 e. The van der Waals surface area contributed by atoms with Crippen LogP contribution in [-0.4, -0.2) is 40.2 Å². The summed E-state index contributed by atoms with van der Waals surface area (Å²) >= 11 is 12.2. The van der Waals surface area contributed by atoms with E-state index in [1.54, 1.807) is 49.4 Å². The summed E-state index contributed by atoms with van der Waals surface area (Å²) in [4.78, 5) is 43.4. The molecule has 1 aliphatic rings. The summed E-state index contributed by atoms with van der Waals surface area (Å²) in [6.07, 6.45) is 0.202. The fourth-order valence-electron chi connectivity index (χ4n) is 4.56. The standard InChI is InChI=1S/C31H25Cl2N3O5/c1-31(17-26(36-41-31)21-12-11-19-5-2-3-6-20(19)16-21)30(40)35-25(29(38)39)15-18-9-13-22(14-10-18)34-28(37)27-23(32)7-4-8-24(27)33/h2-14,16,25H,15,17H2,1H3,(H,34,37)(H,35,40)(H,38,39)/t25?,31-/m0/s1. The third-order valence-corrected chi connectivity index (χ3v) is 7.50. The number of hydrogen-bond donors (Lipinski definition) is 3. The van der Waals surface area contributed by atoms with E-state index in [4.69, 9.17) is 28.0 Å². The maximum absolute atomic E-state index is 13.2. The molecule has 2 amide bonds. The number of amides is 2. The summed E-state index contributed by atoms with van der Waals surface area (Å²) in [6, 6.07) is 24.0. The van der Waals surface area contributed by atoms with Gasteiger partial charge in [0.2, 0.25) is 5.60 Å². The van der Waals surface area contributed by atoms with E-state index in [0.717, 1.165) is 16.3 Å². The van der Waals surface area contributed by atoms with Gasteiger partial charge in [-0.25, -0.2) is 4.79 Å². The van der Waals surface area contributed by atoms with Crippen LogP contribution in [0.3, 0.4) is 0 Å². The van der Waals surface area contributed by atoms with Gasteiger partial charge in [0.05, 0.1) is 21.3 Å². The van der Waals surface area contributed by atoms with Crippen molar-refractivity contribution in [2.45, 2.75) is 31.4 Å². The first-order chi connectivity index (χ1) is 19.6. The molecule has 1 unspecified atom stereocenters. The lowest BCUT2D eigenvalue weighted by Crippen LogP contribution is -2.51. The number of carboxylic acid groups (broad SMARTS) is 1. The van der Waals surface area contributed by atoms with Crippen molar-refractivity contribution in [3.63, 3.8) is 0 Å². The summed E-state index contributed by atoms with van der Waals surface area (Å²) in [6.45, 7) is 1.58. The van der Waals surface area contributed by atoms with E-state index in [0.29, 0.717) is 17.0 Å². The summed E-state index contributed by atoms with van der Waals surface area (Å²) in [5.41, 5.74) is 1.34. The van der Waals surface area contributed by atoms with Gasteiger partial charge in [-0.15, -0.1) is 0 Å². The molecule has 0 bridgehead atoms. The Balaban J connectivity index is 1.22. The average molecular weight is 590 g/mol. The van der Waals surface area contributed by atoms with E-state index in [1.165, 1.54) is 0 Å². The van der Waals surface area contributed by atoms with Crippen molar-refractivity contribution in [2.24, 2.45) is 5.16 Å². The number of carbonyl (C=O) groups is 3. The van der Waals surface area contributed by atoms with Crippen LogP contribution in [0.25, 0.3) is 10.8 Å². The lowest BCUT2D eigenvalue weighted by molar-refractivity contribution is -0.148. The zero-order valence-corrected chi connectivity index (χ0v) is 23.4. The minimum Gasteiger partial charge on any atom is -0.480 e. The number of hydrogen-bond acceptors (Lipinski definition) is 5. The highest BCUT2D eigenvalue weighted by atomic mass is 35.5. The molecule has 208 valence electrons. The van der Waals surface area contributed by atoms with Gasteiger partial charge in [0, 0.05) is 24.1 Å². The van der Waals surface area contributed by atoms with Crippen molar-refractivity contribution in [3.8, 4) is 0 Å². The molecule has 0 aliphatic carbocycles. The first-order valence-electron chi connectivity index (χ1n) is 12.8. The first kappa shape index (κ1) is 28.1. The predicted molar refractivity (Wildman–Crippen MR) is 159 cm³/mol. The number of anilines is 1. The fourth-order valence-corrected chi connectivity index (χ4v) is 5.13. The molecule has 8 nitrogen and oxygen atoms in total. The average Bonchev–Trinajstić information content (AvgIpc) is 3.36. The van der Waals surface area contributed by atoms with Crippen molar-refractivity contribution in [2.75, 3.05) is 5.32 Å². The van der Waals surface area contributed by atoms with E-state index < -0.39 is 29.4 Å². The molecular weight excluding hydrogens is 565 g/mol. The molecule has 5 rings (SSSR count). The van der Waals surface area contributed by atoms with Crippen molar-refractivity contribution in [1.82, 2.24) is 5.32 Å². The second-order valence-electron chi connectivity index (χ2n) is 9.91. The van der Waals surface area contributed by atoms with Crippen molar-refractivity contribution < 1.29 is 24.3 Å².